The number of aliphatic hydroxyl groups excluding tert-OH is 1. The number of aryl methyl sites for hydroxylation is 1. The Morgan fingerprint density at radius 3 is 3.07 bits per heavy atom. The van der Waals surface area contributed by atoms with Gasteiger partial charge in [0.05, 0.1) is 6.10 Å². The fourth-order valence-corrected chi connectivity index (χ4v) is 1.15. The van der Waals surface area contributed by atoms with Crippen LogP contribution in [0.3, 0.4) is 0 Å². The van der Waals surface area contributed by atoms with Crippen molar-refractivity contribution in [1.82, 2.24) is 10.3 Å². The van der Waals surface area contributed by atoms with Gasteiger partial charge in [0.15, 0.2) is 0 Å². The van der Waals surface area contributed by atoms with Gasteiger partial charge in [0, 0.05) is 25.4 Å². The molecule has 0 aliphatic heterocycles. The lowest BCUT2D eigenvalue weighted by Crippen LogP contribution is -2.30. The number of rotatable bonds is 5. The lowest BCUT2D eigenvalue weighted by Gasteiger charge is -2.06. The van der Waals surface area contributed by atoms with Crippen molar-refractivity contribution in [1.29, 1.82) is 0 Å². The molecule has 82 valence electrons. The van der Waals surface area contributed by atoms with Crippen LogP contribution in [0.4, 0.5) is 0 Å². The van der Waals surface area contributed by atoms with Crippen molar-refractivity contribution in [2.24, 2.45) is 0 Å². The highest BCUT2D eigenvalue weighted by molar-refractivity contribution is 5.76. The van der Waals surface area contributed by atoms with E-state index in [2.05, 4.69) is 10.3 Å². The van der Waals surface area contributed by atoms with Crippen LogP contribution in [-0.4, -0.2) is 28.6 Å². The van der Waals surface area contributed by atoms with Gasteiger partial charge in [0.1, 0.15) is 0 Å². The molecule has 1 amide bonds. The first-order valence-electron chi connectivity index (χ1n) is 5.02. The van der Waals surface area contributed by atoms with E-state index >= 15 is 0 Å². The van der Waals surface area contributed by atoms with E-state index in [4.69, 9.17) is 5.11 Å². The molecular formula is C11H16N2O2. The molecule has 0 saturated heterocycles. The monoisotopic (exact) mass is 208 g/mol. The van der Waals surface area contributed by atoms with E-state index < -0.39 is 6.10 Å². The quantitative estimate of drug-likeness (QED) is 0.741. The summed E-state index contributed by atoms with van der Waals surface area (Å²) >= 11 is 0. The first kappa shape index (κ1) is 11.7. The summed E-state index contributed by atoms with van der Waals surface area (Å²) in [7, 11) is 0. The van der Waals surface area contributed by atoms with Gasteiger partial charge in [-0.2, -0.15) is 0 Å². The predicted octanol–water partition coefficient (Wildman–Crippen LogP) is 0.511. The molecule has 1 atom stereocenters. The summed E-state index contributed by atoms with van der Waals surface area (Å²) in [6.45, 7) is 1.95. The molecule has 2 N–H and O–H groups in total. The normalized spacial score (nSPS) is 12.1. The molecule has 0 bridgehead atoms. The highest BCUT2D eigenvalue weighted by atomic mass is 16.3. The lowest BCUT2D eigenvalue weighted by molar-refractivity contribution is -0.121. The smallest absolute Gasteiger partial charge is 0.220 e. The highest BCUT2D eigenvalue weighted by Gasteiger charge is 2.03. The largest absolute Gasteiger partial charge is 0.392 e. The van der Waals surface area contributed by atoms with E-state index in [0.29, 0.717) is 19.4 Å². The van der Waals surface area contributed by atoms with E-state index in [0.717, 1.165) is 5.56 Å². The molecule has 0 radical (unpaired) electrons. The van der Waals surface area contributed by atoms with Gasteiger partial charge in [0.25, 0.3) is 0 Å². The van der Waals surface area contributed by atoms with Crippen LogP contribution in [-0.2, 0) is 11.2 Å². The minimum atomic E-state index is -0.493. The number of aliphatic hydroxyl groups is 1. The van der Waals surface area contributed by atoms with Gasteiger partial charge >= 0.3 is 0 Å². The van der Waals surface area contributed by atoms with Crippen LogP contribution >= 0.6 is 0 Å². The third kappa shape index (κ3) is 5.12. The molecule has 1 rings (SSSR count). The number of carbonyl (C=O) groups is 1. The van der Waals surface area contributed by atoms with E-state index in [1.165, 1.54) is 0 Å². The minimum Gasteiger partial charge on any atom is -0.392 e. The van der Waals surface area contributed by atoms with Crippen molar-refractivity contribution in [2.45, 2.75) is 25.9 Å². The van der Waals surface area contributed by atoms with E-state index in [9.17, 15) is 4.79 Å². The van der Waals surface area contributed by atoms with Crippen molar-refractivity contribution < 1.29 is 9.90 Å². The van der Waals surface area contributed by atoms with E-state index in [-0.39, 0.29) is 5.91 Å². The average Bonchev–Trinajstić information content (AvgIpc) is 2.25. The zero-order valence-corrected chi connectivity index (χ0v) is 8.81. The average molecular weight is 208 g/mol. The third-order valence-electron chi connectivity index (χ3n) is 1.96. The van der Waals surface area contributed by atoms with Gasteiger partial charge < -0.3 is 10.4 Å². The summed E-state index contributed by atoms with van der Waals surface area (Å²) < 4.78 is 0. The second-order valence-electron chi connectivity index (χ2n) is 3.51. The van der Waals surface area contributed by atoms with Gasteiger partial charge in [0.2, 0.25) is 5.91 Å². The molecule has 0 aromatic carbocycles. The maximum Gasteiger partial charge on any atom is 0.220 e. The summed E-state index contributed by atoms with van der Waals surface area (Å²) in [5, 5.41) is 11.6. The highest BCUT2D eigenvalue weighted by Crippen LogP contribution is 1.99. The summed E-state index contributed by atoms with van der Waals surface area (Å²) in [6.07, 6.45) is 4.07. The molecule has 1 aromatic heterocycles. The molecule has 0 fully saturated rings. The number of pyridine rings is 1. The topological polar surface area (TPSA) is 62.2 Å². The van der Waals surface area contributed by atoms with Crippen molar-refractivity contribution >= 4 is 5.91 Å². The molecule has 4 nitrogen and oxygen atoms in total. The van der Waals surface area contributed by atoms with Crippen molar-refractivity contribution in [2.75, 3.05) is 6.54 Å². The maximum atomic E-state index is 11.3. The SMILES string of the molecule is CC(O)CNC(=O)CCc1cccnc1. The van der Waals surface area contributed by atoms with Crippen LogP contribution in [0.25, 0.3) is 0 Å². The summed E-state index contributed by atoms with van der Waals surface area (Å²) in [5.41, 5.74) is 1.05. The van der Waals surface area contributed by atoms with Crippen LogP contribution in [0.2, 0.25) is 0 Å². The molecule has 0 aliphatic carbocycles. The molecule has 0 aliphatic rings. The van der Waals surface area contributed by atoms with E-state index in [1.807, 2.05) is 12.1 Å². The van der Waals surface area contributed by atoms with E-state index in [1.54, 1.807) is 19.3 Å². The Hall–Kier alpha value is -1.42. The number of nitrogens with one attached hydrogen (secondary N) is 1. The van der Waals surface area contributed by atoms with Gasteiger partial charge in [-0.25, -0.2) is 0 Å². The Kier molecular flexibility index (Phi) is 4.77. The molecule has 1 unspecified atom stereocenters. The Morgan fingerprint density at radius 1 is 1.67 bits per heavy atom. The fraction of sp³-hybridized carbons (Fsp3) is 0.455. The van der Waals surface area contributed by atoms with Crippen LogP contribution in [0.15, 0.2) is 24.5 Å². The second kappa shape index (κ2) is 6.14. The summed E-state index contributed by atoms with van der Waals surface area (Å²) in [4.78, 5) is 15.2. The first-order valence-corrected chi connectivity index (χ1v) is 5.02. The fourth-order valence-electron chi connectivity index (χ4n) is 1.15. The molecule has 0 spiro atoms. The van der Waals surface area contributed by atoms with Gasteiger partial charge in [-0.1, -0.05) is 6.07 Å². The van der Waals surface area contributed by atoms with Crippen LogP contribution in [0.1, 0.15) is 18.9 Å². The van der Waals surface area contributed by atoms with Crippen LogP contribution < -0.4 is 5.32 Å². The zero-order valence-electron chi connectivity index (χ0n) is 8.81. The minimum absolute atomic E-state index is 0.0419. The summed E-state index contributed by atoms with van der Waals surface area (Å²) in [5.74, 6) is -0.0419. The lowest BCUT2D eigenvalue weighted by atomic mass is 10.1. The van der Waals surface area contributed by atoms with Crippen molar-refractivity contribution in [3.8, 4) is 0 Å². The molecule has 1 aromatic rings. The maximum absolute atomic E-state index is 11.3. The Bertz CT molecular complexity index is 299. The first-order chi connectivity index (χ1) is 7.18. The van der Waals surface area contributed by atoms with Gasteiger partial charge in [-0.3, -0.25) is 9.78 Å². The molecular weight excluding hydrogens is 192 g/mol. The molecule has 0 saturated carbocycles. The Labute approximate surface area is 89.3 Å². The standard InChI is InChI=1S/C11H16N2O2/c1-9(14)7-13-11(15)5-4-10-3-2-6-12-8-10/h2-3,6,8-9,14H,4-5,7H2,1H3,(H,13,15). The molecule has 15 heavy (non-hydrogen) atoms. The third-order valence-corrected chi connectivity index (χ3v) is 1.96. The second-order valence-corrected chi connectivity index (χ2v) is 3.51. The van der Waals surface area contributed by atoms with Crippen LogP contribution in [0.5, 0.6) is 0 Å². The van der Waals surface area contributed by atoms with Crippen LogP contribution in [0, 0.1) is 0 Å². The number of hydrogen-bond acceptors (Lipinski definition) is 3. The van der Waals surface area contributed by atoms with Gasteiger partial charge in [-0.05, 0) is 25.0 Å². The number of amides is 1. The number of hydrogen-bond donors (Lipinski definition) is 2. The zero-order chi connectivity index (χ0) is 11.1. The number of aromatic nitrogens is 1. The summed E-state index contributed by atoms with van der Waals surface area (Å²) in [6, 6.07) is 3.79. The Morgan fingerprint density at radius 2 is 2.47 bits per heavy atom. The molecule has 1 heterocycles. The number of nitrogens with zero attached hydrogens (tertiary/aromatic N) is 1. The number of carbonyl (C=O) groups excluding carboxylic acids is 1. The predicted molar refractivity (Wildman–Crippen MR) is 57.2 cm³/mol. The van der Waals surface area contributed by atoms with Gasteiger partial charge in [-0.15, -0.1) is 0 Å². The molecule has 4 heteroatoms. The van der Waals surface area contributed by atoms with Crippen molar-refractivity contribution in [3.63, 3.8) is 0 Å². The Balaban J connectivity index is 2.23. The van der Waals surface area contributed by atoms with Crippen molar-refractivity contribution in [3.05, 3.63) is 30.1 Å².